The van der Waals surface area contributed by atoms with Crippen molar-refractivity contribution in [2.45, 2.75) is 13.8 Å². The summed E-state index contributed by atoms with van der Waals surface area (Å²) >= 11 is 0. The summed E-state index contributed by atoms with van der Waals surface area (Å²) in [6, 6.07) is 18.3. The Balaban J connectivity index is -0.0000000983. The van der Waals surface area contributed by atoms with Gasteiger partial charge in [-0.25, -0.2) is 4.39 Å². The molecule has 0 saturated heterocycles. The Morgan fingerprint density at radius 3 is 1.84 bits per heavy atom. The summed E-state index contributed by atoms with van der Waals surface area (Å²) in [4.78, 5) is 0. The molecule has 19 heavy (non-hydrogen) atoms. The zero-order chi connectivity index (χ0) is 11.1. The number of halogens is 3. The Labute approximate surface area is 168 Å². The van der Waals surface area contributed by atoms with Crippen molar-refractivity contribution in [2.24, 2.45) is 0 Å². The van der Waals surface area contributed by atoms with Gasteiger partial charge in [0.2, 0.25) is 0 Å². The quantitative estimate of drug-likeness (QED) is 0.322. The molecule has 0 saturated carbocycles. The van der Waals surface area contributed by atoms with Crippen LogP contribution in [0.3, 0.4) is 0 Å². The van der Waals surface area contributed by atoms with Crippen LogP contribution < -0.4 is 34.0 Å². The molecule has 94 valence electrons. The van der Waals surface area contributed by atoms with Crippen LogP contribution in [-0.4, -0.2) is 46.1 Å². The van der Waals surface area contributed by atoms with Crippen molar-refractivity contribution in [3.05, 3.63) is 71.5 Å². The van der Waals surface area contributed by atoms with Gasteiger partial charge in [0.15, 0.2) is 0 Å². The Morgan fingerprint density at radius 1 is 0.947 bits per heavy atom. The van der Waals surface area contributed by atoms with E-state index in [2.05, 4.69) is 12.1 Å². The number of hydrogen-bond donors (Lipinski definition) is 0. The fraction of sp³-hybridized carbons (Fsp3) is 0.143. The van der Waals surface area contributed by atoms with Gasteiger partial charge >= 0.3 is 46.1 Å². The number of benzene rings is 2. The molecule has 2 rings (SSSR count). The summed E-state index contributed by atoms with van der Waals surface area (Å²) < 4.78 is 12.3. The Kier molecular flexibility index (Phi) is 25.0. The molecule has 0 aliphatic carbocycles. The van der Waals surface area contributed by atoms with Crippen LogP contribution >= 0.6 is 0 Å². The predicted molar refractivity (Wildman–Crippen MR) is 71.5 cm³/mol. The van der Waals surface area contributed by atoms with Crippen LogP contribution in [0, 0.1) is 31.8 Å². The van der Waals surface area contributed by atoms with Crippen molar-refractivity contribution in [1.29, 1.82) is 0 Å². The molecule has 0 bridgehead atoms. The standard InChI is InChI=1S/C7H6F.C7H7.2BrH.2Mg/c1-6-4-2-3-5-7(6)8;1-7-5-3-2-4-6-7;;;;/h3-5H,1H3;2-5H,1H3;2*1H;;/q2*-1;;;2*+2/p-2. The van der Waals surface area contributed by atoms with Gasteiger partial charge in [-0.1, -0.05) is 13.8 Å². The van der Waals surface area contributed by atoms with Crippen LogP contribution in [0.4, 0.5) is 4.39 Å². The molecule has 0 atom stereocenters. The summed E-state index contributed by atoms with van der Waals surface area (Å²) in [5, 5.41) is 0. The summed E-state index contributed by atoms with van der Waals surface area (Å²) in [6.07, 6.45) is 0. The van der Waals surface area contributed by atoms with E-state index in [0.717, 1.165) is 0 Å². The molecule has 5 heteroatoms. The molecule has 0 amide bonds. The molecular formula is C14H13Br2FMg2. The molecule has 0 aliphatic rings. The van der Waals surface area contributed by atoms with E-state index in [1.54, 1.807) is 19.1 Å². The van der Waals surface area contributed by atoms with Crippen LogP contribution in [0.25, 0.3) is 0 Å². The molecule has 2 aromatic carbocycles. The molecule has 0 unspecified atom stereocenters. The largest absolute Gasteiger partial charge is 2.00 e. The minimum Gasteiger partial charge on any atom is -1.00 e. The van der Waals surface area contributed by atoms with Gasteiger partial charge in [0.1, 0.15) is 0 Å². The van der Waals surface area contributed by atoms with Gasteiger partial charge in [-0.05, 0) is 0 Å². The second kappa shape index (κ2) is 16.9. The first-order valence-electron chi connectivity index (χ1n) is 4.75. The Morgan fingerprint density at radius 2 is 1.58 bits per heavy atom. The van der Waals surface area contributed by atoms with E-state index in [4.69, 9.17) is 0 Å². The van der Waals surface area contributed by atoms with Crippen molar-refractivity contribution in [2.75, 3.05) is 0 Å². The fourth-order valence-electron chi connectivity index (χ4n) is 0.978. The second-order valence-corrected chi connectivity index (χ2v) is 3.22. The van der Waals surface area contributed by atoms with E-state index in [0.29, 0.717) is 5.56 Å². The minimum absolute atomic E-state index is 0. The summed E-state index contributed by atoms with van der Waals surface area (Å²) in [7, 11) is 0. The van der Waals surface area contributed by atoms with E-state index in [9.17, 15) is 4.39 Å². The molecule has 0 aliphatic heterocycles. The van der Waals surface area contributed by atoms with Crippen molar-refractivity contribution in [3.8, 4) is 0 Å². The maximum absolute atomic E-state index is 12.3. The molecule has 0 spiro atoms. The van der Waals surface area contributed by atoms with Crippen LogP contribution in [0.1, 0.15) is 11.1 Å². The molecule has 0 N–H and O–H groups in total. The first kappa shape index (κ1) is 28.1. The number of aryl methyl sites for hydroxylation is 2. The first-order chi connectivity index (χ1) is 7.20. The van der Waals surface area contributed by atoms with Gasteiger partial charge in [-0.3, -0.25) is 0 Å². The van der Waals surface area contributed by atoms with Crippen molar-refractivity contribution < 1.29 is 38.4 Å². The third-order valence-electron chi connectivity index (χ3n) is 1.87. The van der Waals surface area contributed by atoms with Gasteiger partial charge in [0.05, 0.1) is 0 Å². The first-order valence-corrected chi connectivity index (χ1v) is 4.75. The molecular weight excluding hydrogens is 396 g/mol. The van der Waals surface area contributed by atoms with E-state index in [1.165, 1.54) is 11.6 Å². The summed E-state index contributed by atoms with van der Waals surface area (Å²) in [5.41, 5.74) is 1.84. The van der Waals surface area contributed by atoms with Crippen LogP contribution in [0.2, 0.25) is 0 Å². The Hall–Kier alpha value is 0.862. The second-order valence-electron chi connectivity index (χ2n) is 3.22. The third kappa shape index (κ3) is 13.6. The van der Waals surface area contributed by atoms with Gasteiger partial charge in [0.25, 0.3) is 0 Å². The van der Waals surface area contributed by atoms with E-state index < -0.39 is 0 Å². The van der Waals surface area contributed by atoms with Gasteiger partial charge in [-0.2, -0.15) is 54.1 Å². The maximum Gasteiger partial charge on any atom is 2.00 e. The van der Waals surface area contributed by atoms with E-state index in [1.807, 2.05) is 31.2 Å². The van der Waals surface area contributed by atoms with Crippen LogP contribution in [0.5, 0.6) is 0 Å². The molecule has 0 fully saturated rings. The summed E-state index contributed by atoms with van der Waals surface area (Å²) in [5.74, 6) is -0.163. The number of rotatable bonds is 0. The van der Waals surface area contributed by atoms with E-state index in [-0.39, 0.29) is 85.9 Å². The van der Waals surface area contributed by atoms with Crippen molar-refractivity contribution >= 4 is 46.1 Å². The topological polar surface area (TPSA) is 0 Å². The monoisotopic (exact) mass is 406 g/mol. The zero-order valence-electron chi connectivity index (χ0n) is 11.1. The average Bonchev–Trinajstić information content (AvgIpc) is 2.25. The number of hydrogen-bond acceptors (Lipinski definition) is 0. The molecule has 0 radical (unpaired) electrons. The maximum atomic E-state index is 12.3. The van der Waals surface area contributed by atoms with Gasteiger partial charge in [-0.15, -0.1) is 11.6 Å². The smallest absolute Gasteiger partial charge is 1.00 e. The normalized spacial score (nSPS) is 7.11. The molecule has 2 aromatic rings. The van der Waals surface area contributed by atoms with Gasteiger partial charge < -0.3 is 34.0 Å². The third-order valence-corrected chi connectivity index (χ3v) is 1.87. The van der Waals surface area contributed by atoms with Crippen LogP contribution in [-0.2, 0) is 0 Å². The van der Waals surface area contributed by atoms with Crippen LogP contribution in [0.15, 0.2) is 42.5 Å². The predicted octanol–water partition coefficient (Wildman–Crippen LogP) is -3.02. The van der Waals surface area contributed by atoms with Crippen molar-refractivity contribution in [1.82, 2.24) is 0 Å². The van der Waals surface area contributed by atoms with Crippen molar-refractivity contribution in [3.63, 3.8) is 0 Å². The molecule has 0 heterocycles. The van der Waals surface area contributed by atoms with E-state index >= 15 is 0 Å². The molecule has 0 aromatic heterocycles. The SMILES string of the molecule is Cc1[c-]cccc1.Cc1c[c-]ccc1F.[Br-].[Br-].[Mg+2].[Mg+2]. The summed E-state index contributed by atoms with van der Waals surface area (Å²) in [6.45, 7) is 3.74. The van der Waals surface area contributed by atoms with Gasteiger partial charge in [0, 0.05) is 5.82 Å². The minimum atomic E-state index is -0.163. The zero-order valence-corrected chi connectivity index (χ0v) is 17.1. The molecule has 0 nitrogen and oxygen atoms in total. The average molecular weight is 409 g/mol. The fourth-order valence-corrected chi connectivity index (χ4v) is 0.978. The Bertz CT molecular complexity index is 390.